The number of rotatable bonds is 6. The van der Waals surface area contributed by atoms with Crippen LogP contribution in [0.25, 0.3) is 0 Å². The molecule has 21 heavy (non-hydrogen) atoms. The van der Waals surface area contributed by atoms with Crippen molar-refractivity contribution in [1.29, 1.82) is 0 Å². The number of benzene rings is 2. The molecule has 0 spiro atoms. The summed E-state index contributed by atoms with van der Waals surface area (Å²) in [5.41, 5.74) is 5.04. The van der Waals surface area contributed by atoms with E-state index in [4.69, 9.17) is 17.4 Å². The lowest BCUT2D eigenvalue weighted by Gasteiger charge is -2.16. The minimum absolute atomic E-state index is 0.0936. The van der Waals surface area contributed by atoms with Gasteiger partial charge in [0.05, 0.1) is 5.02 Å². The number of halogens is 2. The fourth-order valence-electron chi connectivity index (χ4n) is 2.03. The SMILES string of the molecule is Cc1ccccc1SCC(Cc1ccc(F)c(Cl)c1)NN. The van der Waals surface area contributed by atoms with Crippen molar-refractivity contribution in [1.82, 2.24) is 5.43 Å². The molecule has 0 heterocycles. The van der Waals surface area contributed by atoms with Gasteiger partial charge >= 0.3 is 0 Å². The van der Waals surface area contributed by atoms with Gasteiger partial charge in [0.2, 0.25) is 0 Å². The highest BCUT2D eigenvalue weighted by molar-refractivity contribution is 7.99. The van der Waals surface area contributed by atoms with Crippen LogP contribution in [0.3, 0.4) is 0 Å². The lowest BCUT2D eigenvalue weighted by Crippen LogP contribution is -2.38. The van der Waals surface area contributed by atoms with Crippen molar-refractivity contribution < 1.29 is 4.39 Å². The Labute approximate surface area is 133 Å². The van der Waals surface area contributed by atoms with Gasteiger partial charge in [-0.2, -0.15) is 0 Å². The van der Waals surface area contributed by atoms with Crippen LogP contribution in [0.2, 0.25) is 5.02 Å². The molecule has 2 nitrogen and oxygen atoms in total. The molecule has 0 aliphatic rings. The number of hydrazine groups is 1. The van der Waals surface area contributed by atoms with Gasteiger partial charge in [-0.15, -0.1) is 11.8 Å². The molecule has 2 rings (SSSR count). The molecule has 0 amide bonds. The van der Waals surface area contributed by atoms with Crippen molar-refractivity contribution >= 4 is 23.4 Å². The molecule has 0 aromatic heterocycles. The highest BCUT2D eigenvalue weighted by Crippen LogP contribution is 2.24. The monoisotopic (exact) mass is 324 g/mol. The molecule has 0 aliphatic heterocycles. The zero-order chi connectivity index (χ0) is 15.2. The molecule has 5 heteroatoms. The number of nitrogens with two attached hydrogens (primary N) is 1. The highest BCUT2D eigenvalue weighted by atomic mass is 35.5. The van der Waals surface area contributed by atoms with Crippen LogP contribution in [-0.2, 0) is 6.42 Å². The third kappa shape index (κ3) is 4.71. The van der Waals surface area contributed by atoms with Gasteiger partial charge in [-0.05, 0) is 42.7 Å². The minimum atomic E-state index is -0.396. The van der Waals surface area contributed by atoms with E-state index in [0.29, 0.717) is 6.42 Å². The van der Waals surface area contributed by atoms with Gasteiger partial charge in [0.25, 0.3) is 0 Å². The first-order chi connectivity index (χ1) is 10.1. The smallest absolute Gasteiger partial charge is 0.141 e. The summed E-state index contributed by atoms with van der Waals surface area (Å²) >= 11 is 7.56. The van der Waals surface area contributed by atoms with Crippen LogP contribution in [0.1, 0.15) is 11.1 Å². The number of hydrogen-bond acceptors (Lipinski definition) is 3. The summed E-state index contributed by atoms with van der Waals surface area (Å²) in [5.74, 6) is 6.05. The molecule has 0 saturated heterocycles. The molecule has 112 valence electrons. The standard InChI is InChI=1S/C16H18ClFN2S/c1-11-4-2-3-5-16(11)21-10-13(20-19)8-12-6-7-15(18)14(17)9-12/h2-7,9,13,20H,8,10,19H2,1H3. The Balaban J connectivity index is 1.97. The number of aryl methyl sites for hydroxylation is 1. The Bertz CT molecular complexity index is 607. The van der Waals surface area contributed by atoms with E-state index in [1.54, 1.807) is 23.9 Å². The molecule has 3 N–H and O–H groups in total. The van der Waals surface area contributed by atoms with E-state index in [1.165, 1.54) is 16.5 Å². The Morgan fingerprint density at radius 2 is 2.05 bits per heavy atom. The van der Waals surface area contributed by atoms with Gasteiger partial charge in [0.1, 0.15) is 5.82 Å². The molecule has 1 atom stereocenters. The van der Waals surface area contributed by atoms with E-state index in [0.717, 1.165) is 11.3 Å². The predicted molar refractivity (Wildman–Crippen MR) is 88.1 cm³/mol. The summed E-state index contributed by atoms with van der Waals surface area (Å²) < 4.78 is 13.2. The molecule has 0 aliphatic carbocycles. The molecule has 0 bridgehead atoms. The van der Waals surface area contributed by atoms with Crippen LogP contribution in [0.15, 0.2) is 47.4 Å². The predicted octanol–water partition coefficient (Wildman–Crippen LogP) is 3.95. The maximum Gasteiger partial charge on any atom is 0.141 e. The van der Waals surface area contributed by atoms with E-state index in [1.807, 2.05) is 12.1 Å². The molecule has 2 aromatic carbocycles. The van der Waals surface area contributed by atoms with Crippen molar-refractivity contribution in [3.63, 3.8) is 0 Å². The van der Waals surface area contributed by atoms with Crippen LogP contribution in [-0.4, -0.2) is 11.8 Å². The van der Waals surface area contributed by atoms with Crippen molar-refractivity contribution in [2.75, 3.05) is 5.75 Å². The van der Waals surface area contributed by atoms with Gasteiger partial charge in [-0.1, -0.05) is 35.9 Å². The Kier molecular flexibility index (Phi) is 6.06. The first kappa shape index (κ1) is 16.3. The fourth-order valence-corrected chi connectivity index (χ4v) is 3.29. The quantitative estimate of drug-likeness (QED) is 0.480. The number of nitrogens with one attached hydrogen (secondary N) is 1. The largest absolute Gasteiger partial charge is 0.271 e. The molecule has 2 aromatic rings. The first-order valence-electron chi connectivity index (χ1n) is 6.68. The second-order valence-corrected chi connectivity index (χ2v) is 6.36. The lowest BCUT2D eigenvalue weighted by molar-refractivity contribution is 0.573. The van der Waals surface area contributed by atoms with Gasteiger partial charge in [-0.25, -0.2) is 4.39 Å². The van der Waals surface area contributed by atoms with Gasteiger partial charge in [0.15, 0.2) is 0 Å². The van der Waals surface area contributed by atoms with E-state index < -0.39 is 5.82 Å². The summed E-state index contributed by atoms with van der Waals surface area (Å²) in [6, 6.07) is 13.1. The summed E-state index contributed by atoms with van der Waals surface area (Å²) in [7, 11) is 0. The molecule has 0 fully saturated rings. The van der Waals surface area contributed by atoms with E-state index in [-0.39, 0.29) is 11.1 Å². The number of thioether (sulfide) groups is 1. The zero-order valence-corrected chi connectivity index (χ0v) is 13.3. The maximum absolute atomic E-state index is 13.2. The molecule has 0 saturated carbocycles. The van der Waals surface area contributed by atoms with Crippen LogP contribution in [0.5, 0.6) is 0 Å². The zero-order valence-electron chi connectivity index (χ0n) is 11.8. The Hall–Kier alpha value is -1.07. The average Bonchev–Trinajstić information content (AvgIpc) is 2.48. The molecular formula is C16H18ClFN2S. The van der Waals surface area contributed by atoms with Crippen LogP contribution in [0.4, 0.5) is 4.39 Å². The highest BCUT2D eigenvalue weighted by Gasteiger charge is 2.11. The molecule has 1 unspecified atom stereocenters. The van der Waals surface area contributed by atoms with Gasteiger partial charge in [0, 0.05) is 16.7 Å². The van der Waals surface area contributed by atoms with Crippen LogP contribution in [0, 0.1) is 12.7 Å². The third-order valence-corrected chi connectivity index (χ3v) is 4.86. The summed E-state index contributed by atoms with van der Waals surface area (Å²) in [6.45, 7) is 2.09. The fraction of sp³-hybridized carbons (Fsp3) is 0.250. The lowest BCUT2D eigenvalue weighted by atomic mass is 10.1. The van der Waals surface area contributed by atoms with E-state index in [2.05, 4.69) is 24.5 Å². The van der Waals surface area contributed by atoms with Crippen LogP contribution < -0.4 is 11.3 Å². The second kappa shape index (κ2) is 7.80. The summed E-state index contributed by atoms with van der Waals surface area (Å²) in [4.78, 5) is 1.25. The van der Waals surface area contributed by atoms with E-state index >= 15 is 0 Å². The van der Waals surface area contributed by atoms with Crippen molar-refractivity contribution in [3.05, 3.63) is 64.4 Å². The number of hydrogen-bond donors (Lipinski definition) is 2. The Morgan fingerprint density at radius 1 is 1.29 bits per heavy atom. The van der Waals surface area contributed by atoms with E-state index in [9.17, 15) is 4.39 Å². The molecule has 0 radical (unpaired) electrons. The summed E-state index contributed by atoms with van der Waals surface area (Å²) in [5, 5.41) is 0.148. The van der Waals surface area contributed by atoms with Gasteiger partial charge in [-0.3, -0.25) is 11.3 Å². The van der Waals surface area contributed by atoms with Crippen molar-refractivity contribution in [2.24, 2.45) is 5.84 Å². The molecular weight excluding hydrogens is 307 g/mol. The Morgan fingerprint density at radius 3 is 2.71 bits per heavy atom. The second-order valence-electron chi connectivity index (χ2n) is 4.89. The van der Waals surface area contributed by atoms with Gasteiger partial charge < -0.3 is 0 Å². The van der Waals surface area contributed by atoms with Crippen molar-refractivity contribution in [3.8, 4) is 0 Å². The minimum Gasteiger partial charge on any atom is -0.271 e. The topological polar surface area (TPSA) is 38.0 Å². The average molecular weight is 325 g/mol. The first-order valence-corrected chi connectivity index (χ1v) is 8.05. The van der Waals surface area contributed by atoms with Crippen molar-refractivity contribution in [2.45, 2.75) is 24.3 Å². The van der Waals surface area contributed by atoms with Crippen LogP contribution >= 0.6 is 23.4 Å². The maximum atomic E-state index is 13.2. The third-order valence-electron chi connectivity index (χ3n) is 3.24. The summed E-state index contributed by atoms with van der Waals surface area (Å²) in [6.07, 6.45) is 0.704. The normalized spacial score (nSPS) is 12.4.